The molecule has 1 unspecified atom stereocenters. The minimum atomic E-state index is -0.299. The Labute approximate surface area is 106 Å². The lowest BCUT2D eigenvalue weighted by Gasteiger charge is -2.18. The zero-order valence-electron chi connectivity index (χ0n) is 10.6. The van der Waals surface area contributed by atoms with Crippen molar-refractivity contribution in [2.45, 2.75) is 33.1 Å². The Balaban J connectivity index is 2.24. The number of esters is 2. The molecule has 1 atom stereocenters. The van der Waals surface area contributed by atoms with Crippen molar-refractivity contribution in [2.75, 3.05) is 0 Å². The number of hydrogen-bond donors (Lipinski definition) is 0. The van der Waals surface area contributed by atoms with Crippen LogP contribution in [-0.4, -0.2) is 11.9 Å². The zero-order valence-corrected chi connectivity index (χ0v) is 10.6. The van der Waals surface area contributed by atoms with Gasteiger partial charge < -0.3 is 9.47 Å². The summed E-state index contributed by atoms with van der Waals surface area (Å²) in [5.74, 6) is -0.0153. The lowest BCUT2D eigenvalue weighted by Crippen LogP contribution is -2.20. The van der Waals surface area contributed by atoms with E-state index in [-0.39, 0.29) is 17.9 Å². The number of aryl methyl sites for hydroxylation is 1. The molecule has 1 aromatic rings. The highest BCUT2D eigenvalue weighted by molar-refractivity contribution is 5.79. The van der Waals surface area contributed by atoms with E-state index >= 15 is 0 Å². The van der Waals surface area contributed by atoms with Gasteiger partial charge >= 0.3 is 11.9 Å². The van der Waals surface area contributed by atoms with Gasteiger partial charge in [0.25, 0.3) is 0 Å². The summed E-state index contributed by atoms with van der Waals surface area (Å²) < 4.78 is 10.5. The van der Waals surface area contributed by atoms with Gasteiger partial charge in [-0.05, 0) is 24.5 Å². The van der Waals surface area contributed by atoms with Crippen molar-refractivity contribution >= 4 is 11.9 Å². The molecule has 4 heteroatoms. The third kappa shape index (κ3) is 2.53. The van der Waals surface area contributed by atoms with E-state index in [0.29, 0.717) is 30.8 Å². The minimum Gasteiger partial charge on any atom is -0.422 e. The highest BCUT2D eigenvalue weighted by Crippen LogP contribution is 2.35. The van der Waals surface area contributed by atoms with Crippen molar-refractivity contribution < 1.29 is 19.1 Å². The largest absolute Gasteiger partial charge is 0.422 e. The van der Waals surface area contributed by atoms with E-state index in [9.17, 15) is 9.59 Å². The van der Waals surface area contributed by atoms with Crippen LogP contribution in [0.5, 0.6) is 11.5 Å². The van der Waals surface area contributed by atoms with E-state index in [1.165, 1.54) is 0 Å². The summed E-state index contributed by atoms with van der Waals surface area (Å²) in [7, 11) is 0. The van der Waals surface area contributed by atoms with Gasteiger partial charge in [0.1, 0.15) is 0 Å². The molecule has 1 aliphatic heterocycles. The van der Waals surface area contributed by atoms with Crippen molar-refractivity contribution in [3.8, 4) is 11.5 Å². The molecular weight excluding hydrogens is 232 g/mol. The predicted molar refractivity (Wildman–Crippen MR) is 65.5 cm³/mol. The molecule has 2 rings (SSSR count). The van der Waals surface area contributed by atoms with E-state index in [2.05, 4.69) is 0 Å². The van der Waals surface area contributed by atoms with Gasteiger partial charge in [-0.1, -0.05) is 26.0 Å². The summed E-state index contributed by atoms with van der Waals surface area (Å²) >= 11 is 0. The maximum absolute atomic E-state index is 11.7. The fraction of sp³-hybridized carbons (Fsp3) is 0.429. The van der Waals surface area contributed by atoms with E-state index in [0.717, 1.165) is 5.56 Å². The number of hydrogen-bond acceptors (Lipinski definition) is 4. The summed E-state index contributed by atoms with van der Waals surface area (Å²) in [6.07, 6.45) is 1.71. The molecule has 0 fully saturated rings. The number of ether oxygens (including phenoxy) is 2. The predicted octanol–water partition coefficient (Wildman–Crippen LogP) is 2.49. The summed E-state index contributed by atoms with van der Waals surface area (Å²) in [6, 6.07) is 5.33. The second-order valence-corrected chi connectivity index (χ2v) is 4.45. The molecule has 1 aliphatic rings. The zero-order chi connectivity index (χ0) is 13.1. The molecule has 18 heavy (non-hydrogen) atoms. The van der Waals surface area contributed by atoms with Crippen LogP contribution in [-0.2, 0) is 16.0 Å². The van der Waals surface area contributed by atoms with Crippen LogP contribution in [0.25, 0.3) is 0 Å². The molecule has 1 aromatic carbocycles. The van der Waals surface area contributed by atoms with Crippen LogP contribution in [0.2, 0.25) is 0 Å². The fourth-order valence-corrected chi connectivity index (χ4v) is 1.73. The van der Waals surface area contributed by atoms with Crippen LogP contribution in [0.4, 0.5) is 0 Å². The van der Waals surface area contributed by atoms with Crippen LogP contribution in [0, 0.1) is 5.92 Å². The number of carbonyl (C=O) groups is 2. The third-order valence-corrected chi connectivity index (χ3v) is 3.10. The normalized spacial score (nSPS) is 15.6. The number of para-hydroxylation sites is 1. The van der Waals surface area contributed by atoms with Crippen LogP contribution < -0.4 is 9.47 Å². The molecule has 0 radical (unpaired) electrons. The summed E-state index contributed by atoms with van der Waals surface area (Å²) in [5.41, 5.74) is 0.907. The molecular formula is C14H16O4. The molecule has 0 bridgehead atoms. The molecule has 0 aromatic heterocycles. The SMILES string of the molecule is CCC(C)C(=O)Oc1cccc2c1OC(=O)CC2. The van der Waals surface area contributed by atoms with Gasteiger partial charge in [-0.25, -0.2) is 0 Å². The summed E-state index contributed by atoms with van der Waals surface area (Å²) in [4.78, 5) is 23.0. The Morgan fingerprint density at radius 3 is 2.94 bits per heavy atom. The second kappa shape index (κ2) is 5.21. The highest BCUT2D eigenvalue weighted by Gasteiger charge is 2.23. The van der Waals surface area contributed by atoms with Crippen molar-refractivity contribution in [3.63, 3.8) is 0 Å². The van der Waals surface area contributed by atoms with Crippen LogP contribution in [0.1, 0.15) is 32.3 Å². The Morgan fingerprint density at radius 1 is 1.44 bits per heavy atom. The van der Waals surface area contributed by atoms with E-state index in [4.69, 9.17) is 9.47 Å². The summed E-state index contributed by atoms with van der Waals surface area (Å²) in [6.45, 7) is 3.73. The molecule has 96 valence electrons. The smallest absolute Gasteiger partial charge is 0.314 e. The van der Waals surface area contributed by atoms with E-state index in [1.807, 2.05) is 19.9 Å². The van der Waals surface area contributed by atoms with E-state index < -0.39 is 0 Å². The molecule has 0 saturated heterocycles. The first-order valence-corrected chi connectivity index (χ1v) is 6.16. The lowest BCUT2D eigenvalue weighted by atomic mass is 10.1. The molecule has 0 saturated carbocycles. The lowest BCUT2D eigenvalue weighted by molar-refractivity contribution is -0.140. The standard InChI is InChI=1S/C14H16O4/c1-3-9(2)14(16)17-11-6-4-5-10-7-8-12(15)18-13(10)11/h4-6,9H,3,7-8H2,1-2H3. The first-order valence-electron chi connectivity index (χ1n) is 6.16. The Morgan fingerprint density at radius 2 is 2.22 bits per heavy atom. The quantitative estimate of drug-likeness (QED) is 0.609. The van der Waals surface area contributed by atoms with Crippen molar-refractivity contribution in [1.29, 1.82) is 0 Å². The Bertz CT molecular complexity index is 479. The molecule has 0 spiro atoms. The van der Waals surface area contributed by atoms with Gasteiger partial charge in [0, 0.05) is 0 Å². The average Bonchev–Trinajstić information content (AvgIpc) is 2.38. The minimum absolute atomic E-state index is 0.167. The van der Waals surface area contributed by atoms with Crippen LogP contribution in [0.15, 0.2) is 18.2 Å². The van der Waals surface area contributed by atoms with Gasteiger partial charge in [0.05, 0.1) is 12.3 Å². The van der Waals surface area contributed by atoms with Crippen molar-refractivity contribution in [3.05, 3.63) is 23.8 Å². The monoisotopic (exact) mass is 248 g/mol. The third-order valence-electron chi connectivity index (χ3n) is 3.10. The number of rotatable bonds is 3. The van der Waals surface area contributed by atoms with Crippen molar-refractivity contribution in [2.24, 2.45) is 5.92 Å². The molecule has 1 heterocycles. The topological polar surface area (TPSA) is 52.6 Å². The van der Waals surface area contributed by atoms with Gasteiger partial charge in [0.2, 0.25) is 0 Å². The number of benzene rings is 1. The van der Waals surface area contributed by atoms with Crippen molar-refractivity contribution in [1.82, 2.24) is 0 Å². The second-order valence-electron chi connectivity index (χ2n) is 4.45. The molecule has 0 amide bonds. The van der Waals surface area contributed by atoms with Crippen LogP contribution >= 0.6 is 0 Å². The van der Waals surface area contributed by atoms with Gasteiger partial charge in [-0.2, -0.15) is 0 Å². The molecule has 0 aliphatic carbocycles. The molecule has 0 N–H and O–H groups in total. The number of carbonyl (C=O) groups excluding carboxylic acids is 2. The first kappa shape index (κ1) is 12.6. The highest BCUT2D eigenvalue weighted by atomic mass is 16.6. The fourth-order valence-electron chi connectivity index (χ4n) is 1.73. The van der Waals surface area contributed by atoms with Crippen LogP contribution in [0.3, 0.4) is 0 Å². The maximum atomic E-state index is 11.7. The van der Waals surface area contributed by atoms with Gasteiger partial charge in [-0.3, -0.25) is 9.59 Å². The first-order chi connectivity index (χ1) is 8.61. The van der Waals surface area contributed by atoms with Gasteiger partial charge in [0.15, 0.2) is 11.5 Å². The van der Waals surface area contributed by atoms with E-state index in [1.54, 1.807) is 12.1 Å². The summed E-state index contributed by atoms with van der Waals surface area (Å²) in [5, 5.41) is 0. The average molecular weight is 248 g/mol. The molecule has 4 nitrogen and oxygen atoms in total. The Kier molecular flexibility index (Phi) is 3.65. The maximum Gasteiger partial charge on any atom is 0.314 e. The Hall–Kier alpha value is -1.84. The number of fused-ring (bicyclic) bond motifs is 1. The van der Waals surface area contributed by atoms with Gasteiger partial charge in [-0.15, -0.1) is 0 Å².